The molecule has 0 unspecified atom stereocenters. The first-order valence-electron chi connectivity index (χ1n) is 8.60. The lowest BCUT2D eigenvalue weighted by molar-refractivity contribution is -0.139. The molecule has 0 aromatic heterocycles. The van der Waals surface area contributed by atoms with E-state index in [9.17, 15) is 18.0 Å². The highest BCUT2D eigenvalue weighted by Gasteiger charge is 2.27. The van der Waals surface area contributed by atoms with Gasteiger partial charge in [0.25, 0.3) is 0 Å². The predicted molar refractivity (Wildman–Crippen MR) is 93.3 cm³/mol. The molecule has 1 heterocycles. The Hall–Kier alpha value is -1.93. The van der Waals surface area contributed by atoms with Gasteiger partial charge in [0.15, 0.2) is 0 Å². The highest BCUT2D eigenvalue weighted by Crippen LogP contribution is 2.22. The Bertz CT molecular complexity index is 776. The first-order valence-corrected chi connectivity index (χ1v) is 10.2. The Kier molecular flexibility index (Phi) is 5.39. The van der Waals surface area contributed by atoms with Crippen molar-refractivity contribution in [3.05, 3.63) is 34.9 Å². The van der Waals surface area contributed by atoms with Gasteiger partial charge in [0, 0.05) is 26.2 Å². The SMILES string of the molecule is O=C(NCCN1CCCS1(=O)=O)C(=O)NCc1ccc2c(c1)CCC2. The van der Waals surface area contributed by atoms with Crippen LogP contribution in [0.5, 0.6) is 0 Å². The molecule has 0 saturated carbocycles. The van der Waals surface area contributed by atoms with Crippen LogP contribution >= 0.6 is 0 Å². The molecule has 1 aliphatic heterocycles. The van der Waals surface area contributed by atoms with Gasteiger partial charge in [0.05, 0.1) is 5.75 Å². The van der Waals surface area contributed by atoms with Crippen molar-refractivity contribution < 1.29 is 18.0 Å². The fourth-order valence-corrected chi connectivity index (χ4v) is 4.84. The van der Waals surface area contributed by atoms with Crippen molar-refractivity contribution in [1.82, 2.24) is 14.9 Å². The van der Waals surface area contributed by atoms with Crippen molar-refractivity contribution in [2.75, 3.05) is 25.4 Å². The molecule has 0 bridgehead atoms. The van der Waals surface area contributed by atoms with Gasteiger partial charge in [0.2, 0.25) is 10.0 Å². The molecule has 1 saturated heterocycles. The van der Waals surface area contributed by atoms with Crippen LogP contribution in [0.1, 0.15) is 29.5 Å². The Morgan fingerprint density at radius 2 is 1.80 bits per heavy atom. The maximum atomic E-state index is 11.8. The molecule has 2 amide bonds. The number of benzene rings is 1. The standard InChI is InChI=1S/C17H23N3O4S/c21-16(18-7-9-20-8-2-10-25(20,23)24)17(22)19-12-13-5-6-14-3-1-4-15(14)11-13/h5-6,11H,1-4,7-10,12H2,(H,18,21)(H,19,22). The molecule has 0 radical (unpaired) electrons. The number of rotatable bonds is 5. The van der Waals surface area contributed by atoms with E-state index >= 15 is 0 Å². The van der Waals surface area contributed by atoms with E-state index in [0.717, 1.165) is 18.4 Å². The van der Waals surface area contributed by atoms with E-state index in [1.807, 2.05) is 6.07 Å². The lowest BCUT2D eigenvalue weighted by atomic mass is 10.1. The molecule has 2 N–H and O–H groups in total. The molecule has 1 aromatic carbocycles. The number of sulfonamides is 1. The number of carbonyl (C=O) groups excluding carboxylic acids is 2. The predicted octanol–water partition coefficient (Wildman–Crippen LogP) is -0.0568. The minimum Gasteiger partial charge on any atom is -0.347 e. The van der Waals surface area contributed by atoms with Gasteiger partial charge >= 0.3 is 11.8 Å². The number of hydrogen-bond donors (Lipinski definition) is 2. The number of aryl methyl sites for hydroxylation is 2. The van der Waals surface area contributed by atoms with Gasteiger partial charge in [-0.15, -0.1) is 0 Å². The maximum absolute atomic E-state index is 11.8. The third kappa shape index (κ3) is 4.38. The van der Waals surface area contributed by atoms with Crippen molar-refractivity contribution in [1.29, 1.82) is 0 Å². The van der Waals surface area contributed by atoms with Gasteiger partial charge in [-0.05, 0) is 42.4 Å². The van der Waals surface area contributed by atoms with Crippen LogP contribution in [0.25, 0.3) is 0 Å². The summed E-state index contributed by atoms with van der Waals surface area (Å²) < 4.78 is 24.6. The molecular weight excluding hydrogens is 342 g/mol. The molecule has 7 nitrogen and oxygen atoms in total. The summed E-state index contributed by atoms with van der Waals surface area (Å²) in [5.74, 6) is -1.29. The molecule has 0 atom stereocenters. The van der Waals surface area contributed by atoms with E-state index in [2.05, 4.69) is 22.8 Å². The zero-order valence-corrected chi connectivity index (χ0v) is 14.9. The van der Waals surface area contributed by atoms with Crippen LogP contribution in [0, 0.1) is 0 Å². The summed E-state index contributed by atoms with van der Waals surface area (Å²) >= 11 is 0. The third-order valence-corrected chi connectivity index (χ3v) is 6.63. The largest absolute Gasteiger partial charge is 0.347 e. The number of hydrogen-bond acceptors (Lipinski definition) is 4. The van der Waals surface area contributed by atoms with Gasteiger partial charge < -0.3 is 10.6 Å². The number of fused-ring (bicyclic) bond motifs is 1. The highest BCUT2D eigenvalue weighted by molar-refractivity contribution is 7.89. The lowest BCUT2D eigenvalue weighted by Gasteiger charge is -2.14. The average Bonchev–Trinajstić information content (AvgIpc) is 3.18. The fraction of sp³-hybridized carbons (Fsp3) is 0.529. The third-order valence-electron chi connectivity index (χ3n) is 4.67. The molecule has 1 aliphatic carbocycles. The highest BCUT2D eigenvalue weighted by atomic mass is 32.2. The normalized spacial score (nSPS) is 18.7. The van der Waals surface area contributed by atoms with E-state index in [-0.39, 0.29) is 18.8 Å². The van der Waals surface area contributed by atoms with Crippen molar-refractivity contribution in [2.24, 2.45) is 0 Å². The lowest BCUT2D eigenvalue weighted by Crippen LogP contribution is -2.43. The molecule has 1 aromatic rings. The Morgan fingerprint density at radius 1 is 1.04 bits per heavy atom. The zero-order chi connectivity index (χ0) is 17.9. The van der Waals surface area contributed by atoms with Crippen molar-refractivity contribution in [2.45, 2.75) is 32.2 Å². The molecule has 136 valence electrons. The second-order valence-electron chi connectivity index (χ2n) is 6.46. The minimum atomic E-state index is -3.18. The van der Waals surface area contributed by atoms with Crippen molar-refractivity contribution in [3.8, 4) is 0 Å². The molecule has 8 heteroatoms. The smallest absolute Gasteiger partial charge is 0.309 e. The van der Waals surface area contributed by atoms with Crippen LogP contribution < -0.4 is 10.6 Å². The van der Waals surface area contributed by atoms with Gasteiger partial charge in [-0.2, -0.15) is 0 Å². The van der Waals surface area contributed by atoms with E-state index in [0.29, 0.717) is 19.5 Å². The molecular formula is C17H23N3O4S. The minimum absolute atomic E-state index is 0.129. The monoisotopic (exact) mass is 365 g/mol. The van der Waals surface area contributed by atoms with Crippen LogP contribution in [-0.4, -0.2) is 49.9 Å². The second-order valence-corrected chi connectivity index (χ2v) is 8.55. The second kappa shape index (κ2) is 7.53. The Morgan fingerprint density at radius 3 is 2.56 bits per heavy atom. The van der Waals surface area contributed by atoms with Crippen LogP contribution in [0.3, 0.4) is 0 Å². The summed E-state index contributed by atoms with van der Waals surface area (Å²) in [6.45, 7) is 1.11. The number of nitrogens with one attached hydrogen (secondary N) is 2. The van der Waals surface area contributed by atoms with Crippen molar-refractivity contribution in [3.63, 3.8) is 0 Å². The zero-order valence-electron chi connectivity index (χ0n) is 14.1. The summed E-state index contributed by atoms with van der Waals surface area (Å²) in [4.78, 5) is 23.6. The summed E-state index contributed by atoms with van der Waals surface area (Å²) in [5.41, 5.74) is 3.66. The molecule has 3 rings (SSSR count). The van der Waals surface area contributed by atoms with Gasteiger partial charge in [-0.1, -0.05) is 18.2 Å². The molecule has 1 fully saturated rings. The van der Waals surface area contributed by atoms with E-state index < -0.39 is 21.8 Å². The summed E-state index contributed by atoms with van der Waals surface area (Å²) in [7, 11) is -3.18. The Balaban J connectivity index is 1.41. The summed E-state index contributed by atoms with van der Waals surface area (Å²) in [6.07, 6.45) is 3.95. The molecule has 25 heavy (non-hydrogen) atoms. The van der Waals surface area contributed by atoms with E-state index in [4.69, 9.17) is 0 Å². The fourth-order valence-electron chi connectivity index (χ4n) is 3.31. The summed E-state index contributed by atoms with van der Waals surface area (Å²) in [6, 6.07) is 6.14. The van der Waals surface area contributed by atoms with Crippen molar-refractivity contribution >= 4 is 21.8 Å². The quantitative estimate of drug-likeness (QED) is 0.715. The van der Waals surface area contributed by atoms with E-state index in [1.165, 1.54) is 21.9 Å². The topological polar surface area (TPSA) is 95.6 Å². The van der Waals surface area contributed by atoms with Crippen LogP contribution in [0.2, 0.25) is 0 Å². The maximum Gasteiger partial charge on any atom is 0.309 e. The van der Waals surface area contributed by atoms with Crippen LogP contribution in [0.4, 0.5) is 0 Å². The average molecular weight is 365 g/mol. The number of amides is 2. The number of carbonyl (C=O) groups is 2. The Labute approximate surface area is 147 Å². The van der Waals surface area contributed by atoms with Crippen LogP contribution in [-0.2, 0) is 39.0 Å². The van der Waals surface area contributed by atoms with Gasteiger partial charge in [0.1, 0.15) is 0 Å². The molecule has 2 aliphatic rings. The first-order chi connectivity index (χ1) is 12.0. The first kappa shape index (κ1) is 17.9. The van der Waals surface area contributed by atoms with Crippen LogP contribution in [0.15, 0.2) is 18.2 Å². The van der Waals surface area contributed by atoms with E-state index in [1.54, 1.807) is 0 Å². The van der Waals surface area contributed by atoms with Gasteiger partial charge in [-0.3, -0.25) is 9.59 Å². The molecule has 0 spiro atoms. The van der Waals surface area contributed by atoms with Gasteiger partial charge in [-0.25, -0.2) is 12.7 Å². The summed E-state index contributed by atoms with van der Waals surface area (Å²) in [5, 5.41) is 5.07. The number of nitrogens with zero attached hydrogens (tertiary/aromatic N) is 1.